The van der Waals surface area contributed by atoms with E-state index in [1.165, 1.54) is 5.56 Å². The van der Waals surface area contributed by atoms with E-state index in [1.807, 2.05) is 43.3 Å². The first-order chi connectivity index (χ1) is 9.20. The summed E-state index contributed by atoms with van der Waals surface area (Å²) in [4.78, 5) is 0. The number of hydrogen-bond donors (Lipinski definition) is 2. The molecule has 2 atom stereocenters. The average Bonchev–Trinajstić information content (AvgIpc) is 2.93. The first kappa shape index (κ1) is 13.8. The van der Waals surface area contributed by atoms with Gasteiger partial charge in [-0.2, -0.15) is 0 Å². The van der Waals surface area contributed by atoms with E-state index in [1.54, 1.807) is 6.26 Å². The van der Waals surface area contributed by atoms with E-state index in [4.69, 9.17) is 4.42 Å². The zero-order valence-corrected chi connectivity index (χ0v) is 11.5. The lowest BCUT2D eigenvalue weighted by Gasteiger charge is -2.23. The maximum atomic E-state index is 10.4. The number of aliphatic hydroxyl groups is 1. The Balaban J connectivity index is 1.98. The lowest BCUT2D eigenvalue weighted by Crippen LogP contribution is -2.33. The molecule has 0 aliphatic carbocycles. The van der Waals surface area contributed by atoms with E-state index in [0.29, 0.717) is 6.54 Å². The summed E-state index contributed by atoms with van der Waals surface area (Å²) >= 11 is 0. The minimum Gasteiger partial charge on any atom is -0.468 e. The summed E-state index contributed by atoms with van der Waals surface area (Å²) < 4.78 is 5.29. The number of benzene rings is 1. The van der Waals surface area contributed by atoms with E-state index >= 15 is 0 Å². The summed E-state index contributed by atoms with van der Waals surface area (Å²) in [5.74, 6) is 0.884. The van der Waals surface area contributed by atoms with E-state index < -0.39 is 6.10 Å². The van der Waals surface area contributed by atoms with Gasteiger partial charge in [-0.1, -0.05) is 36.8 Å². The highest BCUT2D eigenvalue weighted by molar-refractivity contribution is 5.24. The Kier molecular flexibility index (Phi) is 4.77. The number of furan rings is 1. The van der Waals surface area contributed by atoms with Gasteiger partial charge < -0.3 is 14.8 Å². The fourth-order valence-electron chi connectivity index (χ4n) is 2.12. The van der Waals surface area contributed by atoms with Crippen LogP contribution in [-0.2, 0) is 6.54 Å². The zero-order chi connectivity index (χ0) is 13.7. The maximum Gasteiger partial charge on any atom is 0.117 e. The lowest BCUT2D eigenvalue weighted by molar-refractivity contribution is 0.124. The molecule has 0 aliphatic heterocycles. The Hall–Kier alpha value is -1.58. The van der Waals surface area contributed by atoms with Crippen molar-refractivity contribution in [2.24, 2.45) is 0 Å². The Morgan fingerprint density at radius 2 is 1.95 bits per heavy atom. The Morgan fingerprint density at radius 1 is 1.21 bits per heavy atom. The van der Waals surface area contributed by atoms with Crippen LogP contribution in [0, 0.1) is 6.92 Å². The predicted octanol–water partition coefficient (Wildman–Crippen LogP) is 3.19. The molecular weight excluding hydrogens is 238 g/mol. The topological polar surface area (TPSA) is 45.4 Å². The molecule has 2 unspecified atom stereocenters. The second kappa shape index (κ2) is 6.55. The van der Waals surface area contributed by atoms with Crippen molar-refractivity contribution in [2.45, 2.75) is 39.0 Å². The van der Waals surface area contributed by atoms with Gasteiger partial charge in [0.2, 0.25) is 0 Å². The van der Waals surface area contributed by atoms with Crippen LogP contribution >= 0.6 is 0 Å². The molecule has 1 aromatic carbocycles. The Morgan fingerprint density at radius 3 is 2.53 bits per heavy atom. The molecule has 2 N–H and O–H groups in total. The maximum absolute atomic E-state index is 10.4. The van der Waals surface area contributed by atoms with E-state index in [0.717, 1.165) is 17.7 Å². The predicted molar refractivity (Wildman–Crippen MR) is 75.8 cm³/mol. The number of hydrogen-bond acceptors (Lipinski definition) is 3. The van der Waals surface area contributed by atoms with E-state index in [9.17, 15) is 5.11 Å². The van der Waals surface area contributed by atoms with Gasteiger partial charge in [-0.25, -0.2) is 0 Å². The molecular formula is C16H21NO2. The van der Waals surface area contributed by atoms with Gasteiger partial charge in [-0.3, -0.25) is 0 Å². The van der Waals surface area contributed by atoms with Crippen LogP contribution in [0.4, 0.5) is 0 Å². The van der Waals surface area contributed by atoms with Gasteiger partial charge >= 0.3 is 0 Å². The minimum atomic E-state index is -0.499. The summed E-state index contributed by atoms with van der Waals surface area (Å²) in [6.07, 6.45) is 2.02. The monoisotopic (exact) mass is 259 g/mol. The molecule has 3 heteroatoms. The minimum absolute atomic E-state index is 0.0211. The molecule has 0 bridgehead atoms. The van der Waals surface area contributed by atoms with Crippen molar-refractivity contribution in [3.63, 3.8) is 0 Å². The van der Waals surface area contributed by atoms with Gasteiger partial charge in [0, 0.05) is 6.04 Å². The van der Waals surface area contributed by atoms with E-state index in [2.05, 4.69) is 12.2 Å². The first-order valence-electron chi connectivity index (χ1n) is 6.71. The van der Waals surface area contributed by atoms with E-state index in [-0.39, 0.29) is 6.04 Å². The first-order valence-corrected chi connectivity index (χ1v) is 6.71. The second-order valence-electron chi connectivity index (χ2n) is 4.83. The van der Waals surface area contributed by atoms with Crippen molar-refractivity contribution in [1.82, 2.24) is 5.32 Å². The van der Waals surface area contributed by atoms with Crippen molar-refractivity contribution in [2.75, 3.05) is 0 Å². The van der Waals surface area contributed by atoms with Crippen molar-refractivity contribution in [1.29, 1.82) is 0 Å². The van der Waals surface area contributed by atoms with Crippen LogP contribution in [0.15, 0.2) is 47.1 Å². The standard InChI is InChI=1S/C16H21NO2/c1-3-15(17-11-14-5-4-10-19-14)16(18)13-8-6-12(2)7-9-13/h4-10,15-18H,3,11H2,1-2H3. The summed E-state index contributed by atoms with van der Waals surface area (Å²) in [5, 5.41) is 13.7. The molecule has 0 spiro atoms. The molecule has 1 heterocycles. The quantitative estimate of drug-likeness (QED) is 0.837. The molecule has 102 valence electrons. The SMILES string of the molecule is CCC(NCc1ccco1)C(O)c1ccc(C)cc1. The van der Waals surface area contributed by atoms with Gasteiger partial charge in [0.05, 0.1) is 18.9 Å². The largest absolute Gasteiger partial charge is 0.468 e. The van der Waals surface area contributed by atoms with Gasteiger partial charge in [-0.05, 0) is 31.0 Å². The summed E-state index contributed by atoms with van der Waals surface area (Å²) in [6.45, 7) is 4.74. The third kappa shape index (κ3) is 3.69. The van der Waals surface area contributed by atoms with Crippen molar-refractivity contribution < 1.29 is 9.52 Å². The molecule has 0 saturated heterocycles. The fourth-order valence-corrected chi connectivity index (χ4v) is 2.12. The molecule has 0 amide bonds. The highest BCUT2D eigenvalue weighted by atomic mass is 16.3. The van der Waals surface area contributed by atoms with Crippen LogP contribution in [0.3, 0.4) is 0 Å². The molecule has 0 saturated carbocycles. The van der Waals surface area contributed by atoms with Crippen LogP contribution in [0.25, 0.3) is 0 Å². The highest BCUT2D eigenvalue weighted by Gasteiger charge is 2.18. The number of aliphatic hydroxyl groups excluding tert-OH is 1. The van der Waals surface area contributed by atoms with Gasteiger partial charge in [0.15, 0.2) is 0 Å². The summed E-state index contributed by atoms with van der Waals surface area (Å²) in [7, 11) is 0. The van der Waals surface area contributed by atoms with Crippen molar-refractivity contribution >= 4 is 0 Å². The normalized spacial score (nSPS) is 14.3. The Labute approximate surface area is 114 Å². The molecule has 19 heavy (non-hydrogen) atoms. The Bertz CT molecular complexity index is 476. The third-order valence-electron chi connectivity index (χ3n) is 3.36. The van der Waals surface area contributed by atoms with Crippen LogP contribution in [0.1, 0.15) is 36.3 Å². The van der Waals surface area contributed by atoms with Crippen LogP contribution < -0.4 is 5.32 Å². The van der Waals surface area contributed by atoms with Crippen molar-refractivity contribution in [3.8, 4) is 0 Å². The molecule has 0 fully saturated rings. The third-order valence-corrected chi connectivity index (χ3v) is 3.36. The second-order valence-corrected chi connectivity index (χ2v) is 4.83. The zero-order valence-electron chi connectivity index (χ0n) is 11.5. The van der Waals surface area contributed by atoms with Crippen molar-refractivity contribution in [3.05, 3.63) is 59.5 Å². The summed E-state index contributed by atoms with van der Waals surface area (Å²) in [5.41, 5.74) is 2.15. The van der Waals surface area contributed by atoms with Gasteiger partial charge in [0.25, 0.3) is 0 Å². The van der Waals surface area contributed by atoms with Crippen LogP contribution in [0.5, 0.6) is 0 Å². The molecule has 1 aromatic heterocycles. The fraction of sp³-hybridized carbons (Fsp3) is 0.375. The lowest BCUT2D eigenvalue weighted by atomic mass is 9.99. The number of aryl methyl sites for hydroxylation is 1. The highest BCUT2D eigenvalue weighted by Crippen LogP contribution is 2.19. The molecule has 3 nitrogen and oxygen atoms in total. The van der Waals surface area contributed by atoms with Crippen LogP contribution in [0.2, 0.25) is 0 Å². The molecule has 0 radical (unpaired) electrons. The number of rotatable bonds is 6. The average molecular weight is 259 g/mol. The molecule has 2 aromatic rings. The molecule has 0 aliphatic rings. The van der Waals surface area contributed by atoms with Gasteiger partial charge in [0.1, 0.15) is 5.76 Å². The summed E-state index contributed by atoms with van der Waals surface area (Å²) in [6, 6.07) is 11.8. The number of nitrogens with one attached hydrogen (secondary N) is 1. The molecule has 2 rings (SSSR count). The smallest absolute Gasteiger partial charge is 0.117 e. The van der Waals surface area contributed by atoms with Crippen LogP contribution in [-0.4, -0.2) is 11.1 Å². The van der Waals surface area contributed by atoms with Gasteiger partial charge in [-0.15, -0.1) is 0 Å².